The second-order valence-corrected chi connectivity index (χ2v) is 3.55. The smallest absolute Gasteiger partial charge is 0.335 e. The molecule has 0 saturated carbocycles. The van der Waals surface area contributed by atoms with Crippen LogP contribution in [0.1, 0.15) is 33.5 Å². The number of rotatable bonds is 1. The van der Waals surface area contributed by atoms with Crippen LogP contribution in [0.3, 0.4) is 0 Å². The number of fused-ring (bicyclic) bond motifs is 2. The Labute approximate surface area is 94.0 Å². The van der Waals surface area contributed by atoms with Crippen LogP contribution >= 0.6 is 0 Å². The minimum Gasteiger partial charge on any atom is -0.465 e. The number of hydrogen-bond donors (Lipinski definition) is 1. The van der Waals surface area contributed by atoms with Crippen LogP contribution in [0.2, 0.25) is 0 Å². The lowest BCUT2D eigenvalue weighted by molar-refractivity contribution is -0.278. The average molecular weight is 234 g/mol. The Morgan fingerprint density at radius 2 is 1.88 bits per heavy atom. The quantitative estimate of drug-likeness (QED) is 0.591. The fourth-order valence-corrected chi connectivity index (χ4v) is 1.88. The second-order valence-electron chi connectivity index (χ2n) is 3.55. The van der Waals surface area contributed by atoms with E-state index in [9.17, 15) is 9.59 Å². The van der Waals surface area contributed by atoms with Gasteiger partial charge < -0.3 is 8.83 Å². The minimum absolute atomic E-state index is 0.0487. The van der Waals surface area contributed by atoms with E-state index in [-0.39, 0.29) is 28.4 Å². The molecule has 0 radical (unpaired) electrons. The number of ketones is 1. The average Bonchev–Trinajstić information content (AvgIpc) is 2.79. The molecule has 2 aromatic rings. The van der Waals surface area contributed by atoms with Crippen LogP contribution in [0, 0.1) is 0 Å². The van der Waals surface area contributed by atoms with Crippen molar-refractivity contribution >= 4 is 5.78 Å². The van der Waals surface area contributed by atoms with E-state index in [4.69, 9.17) is 14.1 Å². The summed E-state index contributed by atoms with van der Waals surface area (Å²) in [6, 6.07) is 3.94. The molecule has 2 aromatic heterocycles. The molecule has 86 valence electrons. The zero-order valence-corrected chi connectivity index (χ0v) is 8.38. The molecule has 0 saturated heterocycles. The fraction of sp³-hybridized carbons (Fsp3) is 0.0909. The molecule has 0 amide bonds. The first-order valence-electron chi connectivity index (χ1n) is 4.78. The lowest BCUT2D eigenvalue weighted by Gasteiger charge is -2.18. The Hall–Kier alpha value is -2.18. The highest BCUT2D eigenvalue weighted by molar-refractivity contribution is 6.11. The van der Waals surface area contributed by atoms with Gasteiger partial charge in [-0.1, -0.05) is 0 Å². The third-order valence-corrected chi connectivity index (χ3v) is 2.63. The summed E-state index contributed by atoms with van der Waals surface area (Å²) < 4.78 is 9.94. The van der Waals surface area contributed by atoms with E-state index in [1.807, 2.05) is 0 Å². The van der Waals surface area contributed by atoms with Crippen LogP contribution in [0.25, 0.3) is 0 Å². The fourth-order valence-electron chi connectivity index (χ4n) is 1.88. The monoisotopic (exact) mass is 234 g/mol. The molecule has 6 nitrogen and oxygen atoms in total. The van der Waals surface area contributed by atoms with Gasteiger partial charge in [-0.05, 0) is 12.1 Å². The van der Waals surface area contributed by atoms with E-state index >= 15 is 0 Å². The van der Waals surface area contributed by atoms with Crippen molar-refractivity contribution in [1.82, 2.24) is 0 Å². The second kappa shape index (κ2) is 3.41. The molecule has 0 aromatic carbocycles. The zero-order valence-electron chi connectivity index (χ0n) is 8.38. The standard InChI is InChI=1S/C11H6O6/c12-7-2-1-5-8(13)6-3-4-15-9(6)11(17-14)10(5)16-7/h1-4,11,14H. The van der Waals surface area contributed by atoms with Crippen molar-refractivity contribution < 1.29 is 23.8 Å². The topological polar surface area (TPSA) is 89.9 Å². The Kier molecular flexibility index (Phi) is 2.01. The molecule has 1 N–H and O–H groups in total. The van der Waals surface area contributed by atoms with E-state index in [0.29, 0.717) is 0 Å². The van der Waals surface area contributed by atoms with E-state index in [2.05, 4.69) is 4.89 Å². The summed E-state index contributed by atoms with van der Waals surface area (Å²) in [6.45, 7) is 0. The van der Waals surface area contributed by atoms with Gasteiger partial charge in [0.25, 0.3) is 0 Å². The van der Waals surface area contributed by atoms with Gasteiger partial charge in [-0.15, -0.1) is 0 Å². The van der Waals surface area contributed by atoms with Gasteiger partial charge in [0.1, 0.15) is 0 Å². The summed E-state index contributed by atoms with van der Waals surface area (Å²) in [5.41, 5.74) is -0.170. The molecular weight excluding hydrogens is 228 g/mol. The van der Waals surface area contributed by atoms with Crippen LogP contribution in [-0.4, -0.2) is 11.0 Å². The summed E-state index contributed by atoms with van der Waals surface area (Å²) >= 11 is 0. The lowest BCUT2D eigenvalue weighted by Crippen LogP contribution is -2.21. The summed E-state index contributed by atoms with van der Waals surface area (Å²) in [7, 11) is 0. The van der Waals surface area contributed by atoms with E-state index in [1.54, 1.807) is 0 Å². The molecule has 1 atom stereocenters. The highest BCUT2D eigenvalue weighted by Gasteiger charge is 2.37. The summed E-state index contributed by atoms with van der Waals surface area (Å²) in [6.07, 6.45) is 0.208. The van der Waals surface area contributed by atoms with Gasteiger partial charge in [-0.2, -0.15) is 0 Å². The molecule has 17 heavy (non-hydrogen) atoms. The summed E-state index contributed by atoms with van der Waals surface area (Å²) in [5.74, 6) is -0.257. The van der Waals surface area contributed by atoms with Gasteiger partial charge in [-0.25, -0.2) is 9.68 Å². The number of carbonyl (C=O) groups excluding carboxylic acids is 1. The van der Waals surface area contributed by atoms with E-state index in [0.717, 1.165) is 6.07 Å². The first-order valence-corrected chi connectivity index (χ1v) is 4.78. The van der Waals surface area contributed by atoms with Crippen molar-refractivity contribution in [2.75, 3.05) is 0 Å². The van der Waals surface area contributed by atoms with Gasteiger partial charge in [-0.3, -0.25) is 10.1 Å². The third-order valence-electron chi connectivity index (χ3n) is 2.63. The van der Waals surface area contributed by atoms with Crippen LogP contribution in [0.5, 0.6) is 0 Å². The Bertz CT molecular complexity index is 650. The van der Waals surface area contributed by atoms with Crippen molar-refractivity contribution in [1.29, 1.82) is 0 Å². The van der Waals surface area contributed by atoms with Crippen molar-refractivity contribution in [2.24, 2.45) is 0 Å². The van der Waals surface area contributed by atoms with Crippen LogP contribution in [0.4, 0.5) is 0 Å². The zero-order chi connectivity index (χ0) is 12.0. The maximum Gasteiger partial charge on any atom is 0.335 e. The molecule has 0 aliphatic heterocycles. The van der Waals surface area contributed by atoms with E-state index in [1.165, 1.54) is 18.4 Å². The third kappa shape index (κ3) is 1.28. The molecule has 1 aliphatic rings. The highest BCUT2D eigenvalue weighted by atomic mass is 17.1. The highest BCUT2D eigenvalue weighted by Crippen LogP contribution is 2.36. The molecule has 0 fully saturated rings. The number of furan rings is 1. The van der Waals surface area contributed by atoms with E-state index < -0.39 is 11.7 Å². The van der Waals surface area contributed by atoms with Crippen molar-refractivity contribution in [3.8, 4) is 0 Å². The minimum atomic E-state index is -1.10. The largest absolute Gasteiger partial charge is 0.465 e. The molecule has 1 aliphatic carbocycles. The number of hydrogen-bond acceptors (Lipinski definition) is 6. The molecule has 0 bridgehead atoms. The number of carbonyl (C=O) groups is 1. The maximum absolute atomic E-state index is 12.0. The molecule has 1 unspecified atom stereocenters. The molecule has 3 rings (SSSR count). The van der Waals surface area contributed by atoms with Crippen molar-refractivity contribution in [3.05, 3.63) is 57.5 Å². The van der Waals surface area contributed by atoms with Crippen molar-refractivity contribution in [2.45, 2.75) is 6.10 Å². The molecule has 6 heteroatoms. The normalized spacial score (nSPS) is 17.7. The first-order chi connectivity index (χ1) is 8.22. The van der Waals surface area contributed by atoms with Gasteiger partial charge in [0.15, 0.2) is 17.3 Å². The van der Waals surface area contributed by atoms with Gasteiger partial charge in [0, 0.05) is 6.07 Å². The van der Waals surface area contributed by atoms with Crippen molar-refractivity contribution in [3.63, 3.8) is 0 Å². The van der Waals surface area contributed by atoms with Crippen LogP contribution < -0.4 is 5.63 Å². The SMILES string of the molecule is O=C1c2ccoc2C(OO)c2oc(=O)ccc21. The van der Waals surface area contributed by atoms with Crippen LogP contribution in [-0.2, 0) is 4.89 Å². The van der Waals surface area contributed by atoms with Gasteiger partial charge >= 0.3 is 5.63 Å². The molecule has 2 heterocycles. The predicted molar refractivity (Wildman–Crippen MR) is 52.7 cm³/mol. The summed E-state index contributed by atoms with van der Waals surface area (Å²) in [5, 5.41) is 8.85. The summed E-state index contributed by atoms with van der Waals surface area (Å²) in [4.78, 5) is 27.3. The predicted octanol–water partition coefficient (Wildman–Crippen LogP) is 1.36. The van der Waals surface area contributed by atoms with Crippen LogP contribution in [0.15, 0.2) is 38.1 Å². The first kappa shape index (κ1) is 10.0. The molecular formula is C11H6O6. The Balaban J connectivity index is 2.32. The Morgan fingerprint density at radius 1 is 1.12 bits per heavy atom. The maximum atomic E-state index is 12.0. The Morgan fingerprint density at radius 3 is 2.65 bits per heavy atom. The molecule has 0 spiro atoms. The van der Waals surface area contributed by atoms with Gasteiger partial charge in [0.2, 0.25) is 6.10 Å². The van der Waals surface area contributed by atoms with Gasteiger partial charge in [0.05, 0.1) is 17.4 Å². The lowest BCUT2D eigenvalue weighted by atomic mass is 9.92.